The van der Waals surface area contributed by atoms with Crippen molar-refractivity contribution in [1.82, 2.24) is 9.97 Å². The lowest BCUT2D eigenvalue weighted by atomic mass is 9.97. The van der Waals surface area contributed by atoms with E-state index in [2.05, 4.69) is 16.9 Å². The SMILES string of the molecule is CCc1nc2c([nH]1)CC(N)CC2. The molecule has 0 aromatic carbocycles. The van der Waals surface area contributed by atoms with E-state index in [1.807, 2.05) is 0 Å². The van der Waals surface area contributed by atoms with Crippen molar-refractivity contribution in [3.63, 3.8) is 0 Å². The third kappa shape index (κ3) is 1.25. The van der Waals surface area contributed by atoms with Gasteiger partial charge in [-0.2, -0.15) is 0 Å². The number of rotatable bonds is 1. The number of aromatic nitrogens is 2. The highest BCUT2D eigenvalue weighted by atomic mass is 14.9. The molecule has 0 amide bonds. The molecule has 1 aromatic heterocycles. The van der Waals surface area contributed by atoms with E-state index in [9.17, 15) is 0 Å². The Labute approximate surface area is 72.4 Å². The second-order valence-electron chi connectivity index (χ2n) is 3.47. The molecule has 66 valence electrons. The zero-order chi connectivity index (χ0) is 8.55. The van der Waals surface area contributed by atoms with E-state index in [4.69, 9.17) is 5.73 Å². The van der Waals surface area contributed by atoms with E-state index in [0.29, 0.717) is 6.04 Å². The van der Waals surface area contributed by atoms with E-state index in [1.165, 1.54) is 11.4 Å². The summed E-state index contributed by atoms with van der Waals surface area (Å²) in [5, 5.41) is 0. The van der Waals surface area contributed by atoms with Gasteiger partial charge in [-0.1, -0.05) is 6.92 Å². The summed E-state index contributed by atoms with van der Waals surface area (Å²) in [5.74, 6) is 1.11. The fourth-order valence-corrected chi connectivity index (χ4v) is 1.73. The van der Waals surface area contributed by atoms with Gasteiger partial charge < -0.3 is 10.7 Å². The number of hydrogen-bond acceptors (Lipinski definition) is 2. The largest absolute Gasteiger partial charge is 0.346 e. The van der Waals surface area contributed by atoms with Crippen molar-refractivity contribution >= 4 is 0 Å². The van der Waals surface area contributed by atoms with Crippen molar-refractivity contribution < 1.29 is 0 Å². The van der Waals surface area contributed by atoms with Crippen LogP contribution in [0.5, 0.6) is 0 Å². The molecule has 0 saturated carbocycles. The van der Waals surface area contributed by atoms with E-state index in [1.54, 1.807) is 0 Å². The third-order valence-electron chi connectivity index (χ3n) is 2.47. The van der Waals surface area contributed by atoms with Crippen LogP contribution in [0.15, 0.2) is 0 Å². The summed E-state index contributed by atoms with van der Waals surface area (Å²) in [6.07, 6.45) is 4.10. The minimum absolute atomic E-state index is 0.336. The van der Waals surface area contributed by atoms with Crippen LogP contribution in [0.2, 0.25) is 0 Å². The number of nitrogens with two attached hydrogens (primary N) is 1. The fourth-order valence-electron chi connectivity index (χ4n) is 1.73. The van der Waals surface area contributed by atoms with Crippen LogP contribution in [0.3, 0.4) is 0 Å². The van der Waals surface area contributed by atoms with Gasteiger partial charge in [0.25, 0.3) is 0 Å². The van der Waals surface area contributed by atoms with Gasteiger partial charge in [-0.05, 0) is 12.8 Å². The number of imidazole rings is 1. The molecular weight excluding hydrogens is 150 g/mol. The zero-order valence-electron chi connectivity index (χ0n) is 7.43. The van der Waals surface area contributed by atoms with Gasteiger partial charge in [-0.25, -0.2) is 4.98 Å². The average molecular weight is 165 g/mol. The maximum atomic E-state index is 5.85. The van der Waals surface area contributed by atoms with Crippen LogP contribution < -0.4 is 5.73 Å². The first-order valence-electron chi connectivity index (χ1n) is 4.61. The molecule has 1 heterocycles. The second kappa shape index (κ2) is 2.90. The van der Waals surface area contributed by atoms with Crippen molar-refractivity contribution in [3.8, 4) is 0 Å². The first kappa shape index (κ1) is 7.80. The predicted molar refractivity (Wildman–Crippen MR) is 48.0 cm³/mol. The summed E-state index contributed by atoms with van der Waals surface area (Å²) in [7, 11) is 0. The smallest absolute Gasteiger partial charge is 0.106 e. The molecule has 2 rings (SSSR count). The molecule has 0 saturated heterocycles. The Bertz CT molecular complexity index is 277. The molecule has 0 radical (unpaired) electrons. The van der Waals surface area contributed by atoms with Gasteiger partial charge in [0.15, 0.2) is 0 Å². The number of nitrogens with one attached hydrogen (secondary N) is 1. The molecule has 12 heavy (non-hydrogen) atoms. The maximum absolute atomic E-state index is 5.85. The topological polar surface area (TPSA) is 54.7 Å². The van der Waals surface area contributed by atoms with Crippen molar-refractivity contribution in [2.24, 2.45) is 5.73 Å². The van der Waals surface area contributed by atoms with Gasteiger partial charge in [0, 0.05) is 24.6 Å². The summed E-state index contributed by atoms with van der Waals surface area (Å²) in [5.41, 5.74) is 8.37. The number of hydrogen-bond donors (Lipinski definition) is 2. The lowest BCUT2D eigenvalue weighted by Gasteiger charge is -2.15. The Morgan fingerprint density at radius 2 is 2.50 bits per heavy atom. The highest BCUT2D eigenvalue weighted by Crippen LogP contribution is 2.18. The Kier molecular flexibility index (Phi) is 1.89. The molecule has 0 spiro atoms. The molecule has 1 aliphatic carbocycles. The second-order valence-corrected chi connectivity index (χ2v) is 3.47. The monoisotopic (exact) mass is 165 g/mol. The maximum Gasteiger partial charge on any atom is 0.106 e. The van der Waals surface area contributed by atoms with Gasteiger partial charge in [0.1, 0.15) is 5.82 Å². The van der Waals surface area contributed by atoms with Gasteiger partial charge >= 0.3 is 0 Å². The Morgan fingerprint density at radius 3 is 3.25 bits per heavy atom. The van der Waals surface area contributed by atoms with Crippen molar-refractivity contribution in [1.29, 1.82) is 0 Å². The molecule has 0 bridgehead atoms. The summed E-state index contributed by atoms with van der Waals surface area (Å²) >= 11 is 0. The standard InChI is InChI=1S/C9H15N3/c1-2-9-11-7-4-3-6(10)5-8(7)12-9/h6H,2-5,10H2,1H3,(H,11,12). The minimum Gasteiger partial charge on any atom is -0.346 e. The van der Waals surface area contributed by atoms with Crippen molar-refractivity contribution in [2.45, 2.75) is 38.6 Å². The van der Waals surface area contributed by atoms with Crippen LogP contribution in [0.1, 0.15) is 30.6 Å². The molecule has 1 aromatic rings. The molecule has 1 aliphatic rings. The number of H-pyrrole nitrogens is 1. The van der Waals surface area contributed by atoms with Crippen LogP contribution in [-0.2, 0) is 19.3 Å². The molecule has 3 heteroatoms. The molecule has 3 N–H and O–H groups in total. The fraction of sp³-hybridized carbons (Fsp3) is 0.667. The zero-order valence-corrected chi connectivity index (χ0v) is 7.43. The average Bonchev–Trinajstić information content (AvgIpc) is 2.46. The van der Waals surface area contributed by atoms with Crippen molar-refractivity contribution in [2.75, 3.05) is 0 Å². The highest BCUT2D eigenvalue weighted by molar-refractivity contribution is 5.19. The Morgan fingerprint density at radius 1 is 1.67 bits per heavy atom. The predicted octanol–water partition coefficient (Wildman–Crippen LogP) is 0.788. The van der Waals surface area contributed by atoms with E-state index in [0.717, 1.165) is 31.5 Å². The number of nitrogens with zero attached hydrogens (tertiary/aromatic N) is 1. The van der Waals surface area contributed by atoms with Crippen LogP contribution in [0, 0.1) is 0 Å². The van der Waals surface area contributed by atoms with E-state index in [-0.39, 0.29) is 0 Å². The summed E-state index contributed by atoms with van der Waals surface area (Å²) < 4.78 is 0. The number of fused-ring (bicyclic) bond motifs is 1. The first-order chi connectivity index (χ1) is 5.79. The van der Waals surface area contributed by atoms with E-state index >= 15 is 0 Å². The van der Waals surface area contributed by atoms with Crippen LogP contribution in [0.4, 0.5) is 0 Å². The lowest BCUT2D eigenvalue weighted by molar-refractivity contribution is 0.565. The minimum atomic E-state index is 0.336. The van der Waals surface area contributed by atoms with E-state index < -0.39 is 0 Å². The lowest BCUT2D eigenvalue weighted by Crippen LogP contribution is -2.27. The molecule has 3 nitrogen and oxygen atoms in total. The molecule has 1 unspecified atom stereocenters. The van der Waals surface area contributed by atoms with Crippen LogP contribution in [0.25, 0.3) is 0 Å². The molecular formula is C9H15N3. The Balaban J connectivity index is 2.28. The Hall–Kier alpha value is -0.830. The quantitative estimate of drug-likeness (QED) is 0.646. The molecule has 0 aliphatic heterocycles. The normalized spacial score (nSPS) is 22.3. The van der Waals surface area contributed by atoms with Gasteiger partial charge in [0.2, 0.25) is 0 Å². The molecule has 1 atom stereocenters. The highest BCUT2D eigenvalue weighted by Gasteiger charge is 2.18. The summed E-state index contributed by atoms with van der Waals surface area (Å²) in [6.45, 7) is 2.12. The van der Waals surface area contributed by atoms with Crippen LogP contribution >= 0.6 is 0 Å². The van der Waals surface area contributed by atoms with Gasteiger partial charge in [-0.15, -0.1) is 0 Å². The van der Waals surface area contributed by atoms with Gasteiger partial charge in [-0.3, -0.25) is 0 Å². The van der Waals surface area contributed by atoms with Crippen LogP contribution in [-0.4, -0.2) is 16.0 Å². The molecule has 0 fully saturated rings. The van der Waals surface area contributed by atoms with Gasteiger partial charge in [0.05, 0.1) is 5.69 Å². The summed E-state index contributed by atoms with van der Waals surface area (Å²) in [6, 6.07) is 0.336. The van der Waals surface area contributed by atoms with Crippen molar-refractivity contribution in [3.05, 3.63) is 17.2 Å². The number of aryl methyl sites for hydroxylation is 2. The first-order valence-corrected chi connectivity index (χ1v) is 4.61. The number of aromatic amines is 1. The summed E-state index contributed by atoms with van der Waals surface area (Å²) in [4.78, 5) is 7.82. The third-order valence-corrected chi connectivity index (χ3v) is 2.47.